The minimum atomic E-state index is 0.382. The molecule has 3 rings (SSSR count). The Morgan fingerprint density at radius 3 is 2.06 bits per heavy atom. The summed E-state index contributed by atoms with van der Waals surface area (Å²) in [5.41, 5.74) is 14.3. The highest BCUT2D eigenvalue weighted by Gasteiger charge is 2.38. The molecular formula is C32H53NS. The maximum Gasteiger partial charge on any atom is 0.0703 e. The summed E-state index contributed by atoms with van der Waals surface area (Å²) in [5, 5.41) is 1.39. The van der Waals surface area contributed by atoms with Gasteiger partial charge in [0.2, 0.25) is 0 Å². The molecular weight excluding hydrogens is 430 g/mol. The average molecular weight is 484 g/mol. The van der Waals surface area contributed by atoms with E-state index in [2.05, 4.69) is 91.5 Å². The smallest absolute Gasteiger partial charge is 0.0703 e. The van der Waals surface area contributed by atoms with E-state index in [1.54, 1.807) is 5.57 Å². The van der Waals surface area contributed by atoms with E-state index < -0.39 is 0 Å². The van der Waals surface area contributed by atoms with E-state index in [9.17, 15) is 0 Å². The molecule has 2 heteroatoms. The second kappa shape index (κ2) is 18.6. The van der Waals surface area contributed by atoms with Crippen molar-refractivity contribution < 1.29 is 0 Å². The van der Waals surface area contributed by atoms with Crippen molar-refractivity contribution in [3.05, 3.63) is 75.9 Å². The van der Waals surface area contributed by atoms with Crippen LogP contribution in [-0.4, -0.2) is 5.25 Å². The van der Waals surface area contributed by atoms with Crippen LogP contribution in [0.2, 0.25) is 0 Å². The van der Waals surface area contributed by atoms with Gasteiger partial charge in [-0.3, -0.25) is 0 Å². The Hall–Kier alpha value is -1.67. The third-order valence-electron chi connectivity index (χ3n) is 5.63. The lowest BCUT2D eigenvalue weighted by molar-refractivity contribution is 0.705. The second-order valence-corrected chi connectivity index (χ2v) is 10.1. The van der Waals surface area contributed by atoms with Crippen molar-refractivity contribution in [2.24, 2.45) is 11.7 Å². The number of benzene rings is 1. The number of hydrogen-bond donors (Lipinski definition) is 1. The lowest BCUT2D eigenvalue weighted by Gasteiger charge is -2.28. The zero-order valence-corrected chi connectivity index (χ0v) is 24.6. The van der Waals surface area contributed by atoms with Crippen molar-refractivity contribution in [3.63, 3.8) is 0 Å². The van der Waals surface area contributed by atoms with Crippen molar-refractivity contribution in [2.45, 2.75) is 113 Å². The van der Waals surface area contributed by atoms with Crippen LogP contribution < -0.4 is 5.73 Å². The van der Waals surface area contributed by atoms with E-state index in [4.69, 9.17) is 5.73 Å². The Morgan fingerprint density at radius 1 is 1.00 bits per heavy atom. The van der Waals surface area contributed by atoms with Crippen molar-refractivity contribution in [2.75, 3.05) is 0 Å². The summed E-state index contributed by atoms with van der Waals surface area (Å²) < 4.78 is 0. The van der Waals surface area contributed by atoms with Gasteiger partial charge < -0.3 is 5.73 Å². The fourth-order valence-electron chi connectivity index (χ4n) is 4.12. The minimum Gasteiger partial charge on any atom is -0.393 e. The Labute approximate surface area is 217 Å². The summed E-state index contributed by atoms with van der Waals surface area (Å²) in [6.45, 7) is 23.3. The molecule has 1 aromatic rings. The number of aryl methyl sites for hydroxylation is 1. The van der Waals surface area contributed by atoms with E-state index in [-0.39, 0.29) is 0 Å². The van der Waals surface area contributed by atoms with Gasteiger partial charge in [0.25, 0.3) is 0 Å². The van der Waals surface area contributed by atoms with Gasteiger partial charge in [-0.25, -0.2) is 0 Å². The SMILES string of the molecule is C=C(C)C1=C(N)SC2C(CCCC)=C(c3cccc(C)c3)C=CC12.CC.CCC.CCCCC. The van der Waals surface area contributed by atoms with Crippen LogP contribution in [0.25, 0.3) is 5.57 Å². The van der Waals surface area contributed by atoms with Gasteiger partial charge in [-0.05, 0) is 49.0 Å². The second-order valence-electron chi connectivity index (χ2n) is 8.95. The maximum atomic E-state index is 6.36. The average Bonchev–Trinajstić information content (AvgIpc) is 3.16. The Bertz CT molecular complexity index is 810. The molecule has 0 amide bonds. The van der Waals surface area contributed by atoms with Crippen molar-refractivity contribution in [1.29, 1.82) is 0 Å². The number of rotatable bonds is 7. The van der Waals surface area contributed by atoms with Crippen LogP contribution in [0.3, 0.4) is 0 Å². The largest absolute Gasteiger partial charge is 0.393 e. The van der Waals surface area contributed by atoms with E-state index >= 15 is 0 Å². The highest BCUT2D eigenvalue weighted by atomic mass is 32.2. The fourth-order valence-corrected chi connectivity index (χ4v) is 5.59. The molecule has 2 unspecified atom stereocenters. The lowest BCUT2D eigenvalue weighted by atomic mass is 9.79. The summed E-state index contributed by atoms with van der Waals surface area (Å²) in [6.07, 6.45) is 13.6. The van der Waals surface area contributed by atoms with E-state index in [0.29, 0.717) is 11.2 Å². The number of fused-ring (bicyclic) bond motifs is 1. The third kappa shape index (κ3) is 9.90. The molecule has 2 aliphatic rings. The first-order valence-corrected chi connectivity index (χ1v) is 14.5. The molecule has 1 aliphatic carbocycles. The van der Waals surface area contributed by atoms with Crippen molar-refractivity contribution in [3.8, 4) is 0 Å². The Balaban J connectivity index is 0.000000935. The molecule has 0 saturated heterocycles. The number of nitrogens with two attached hydrogens (primary N) is 1. The van der Waals surface area contributed by atoms with Gasteiger partial charge in [-0.15, -0.1) is 0 Å². The van der Waals surface area contributed by atoms with Gasteiger partial charge in [0.1, 0.15) is 0 Å². The van der Waals surface area contributed by atoms with Gasteiger partial charge in [0, 0.05) is 11.2 Å². The van der Waals surface area contributed by atoms with Gasteiger partial charge in [-0.1, -0.05) is 146 Å². The van der Waals surface area contributed by atoms with Gasteiger partial charge >= 0.3 is 0 Å². The molecule has 192 valence electrons. The monoisotopic (exact) mass is 483 g/mol. The number of unbranched alkanes of at least 4 members (excludes halogenated alkanes) is 3. The first-order chi connectivity index (χ1) is 16.4. The zero-order valence-electron chi connectivity index (χ0n) is 23.8. The van der Waals surface area contributed by atoms with Crippen LogP contribution in [0, 0.1) is 12.8 Å². The third-order valence-corrected chi connectivity index (χ3v) is 6.94. The summed E-state index contributed by atoms with van der Waals surface area (Å²) in [6, 6.07) is 8.84. The molecule has 0 bridgehead atoms. The number of allylic oxidation sites excluding steroid dienone is 5. The number of hydrogen-bond acceptors (Lipinski definition) is 2. The van der Waals surface area contributed by atoms with E-state index in [1.807, 2.05) is 25.6 Å². The van der Waals surface area contributed by atoms with Gasteiger partial charge in [0.15, 0.2) is 0 Å². The molecule has 0 fully saturated rings. The van der Waals surface area contributed by atoms with Crippen LogP contribution in [-0.2, 0) is 0 Å². The molecule has 0 radical (unpaired) electrons. The normalized spacial score (nSPS) is 18.1. The molecule has 0 spiro atoms. The van der Waals surface area contributed by atoms with Gasteiger partial charge in [-0.2, -0.15) is 0 Å². The molecule has 2 N–H and O–H groups in total. The van der Waals surface area contributed by atoms with Crippen LogP contribution in [0.15, 0.2) is 64.7 Å². The first kappa shape index (κ1) is 32.3. The maximum absolute atomic E-state index is 6.36. The summed E-state index contributed by atoms with van der Waals surface area (Å²) in [7, 11) is 0. The van der Waals surface area contributed by atoms with Crippen molar-refractivity contribution >= 4 is 17.3 Å². The molecule has 1 heterocycles. The summed E-state index contributed by atoms with van der Waals surface area (Å²) in [5.74, 6) is 0.382. The molecule has 34 heavy (non-hydrogen) atoms. The van der Waals surface area contributed by atoms with E-state index in [0.717, 1.165) is 17.0 Å². The predicted molar refractivity (Wildman–Crippen MR) is 160 cm³/mol. The molecule has 0 saturated carbocycles. The summed E-state index contributed by atoms with van der Waals surface area (Å²) >= 11 is 1.83. The van der Waals surface area contributed by atoms with Crippen LogP contribution in [0.1, 0.15) is 111 Å². The minimum absolute atomic E-state index is 0.382. The van der Waals surface area contributed by atoms with E-state index in [1.165, 1.54) is 60.8 Å². The standard InChI is InChI=1S/C22H27NS.C5H12.C3H8.C2H6/c1-5-6-10-18-17(16-9-7-8-15(4)13-16)11-12-19-20(14(2)3)22(23)24-21(18)19;1-3-5-4-2;1-3-2;1-2/h7-9,11-13,19,21H,2,5-6,10,23H2,1,3-4H3;3-5H2,1-2H3;3H2,1-2H3;1-2H3. The lowest BCUT2D eigenvalue weighted by Crippen LogP contribution is -2.20. The predicted octanol–water partition coefficient (Wildman–Crippen LogP) is 10.6. The van der Waals surface area contributed by atoms with Crippen LogP contribution >= 0.6 is 11.8 Å². The highest BCUT2D eigenvalue weighted by molar-refractivity contribution is 8.04. The highest BCUT2D eigenvalue weighted by Crippen LogP contribution is 2.51. The zero-order chi connectivity index (χ0) is 26.1. The van der Waals surface area contributed by atoms with Crippen molar-refractivity contribution in [1.82, 2.24) is 0 Å². The molecule has 1 aromatic carbocycles. The Morgan fingerprint density at radius 2 is 1.59 bits per heavy atom. The molecule has 0 aromatic heterocycles. The fraction of sp³-hybridized carbons (Fsp3) is 0.562. The topological polar surface area (TPSA) is 26.0 Å². The summed E-state index contributed by atoms with van der Waals surface area (Å²) in [4.78, 5) is 0. The molecule has 1 aliphatic heterocycles. The van der Waals surface area contributed by atoms with Crippen LogP contribution in [0.5, 0.6) is 0 Å². The first-order valence-electron chi connectivity index (χ1n) is 13.7. The Kier molecular flexibility index (Phi) is 17.7. The van der Waals surface area contributed by atoms with Crippen LogP contribution in [0.4, 0.5) is 0 Å². The number of thioether (sulfide) groups is 1. The molecule has 2 atom stereocenters. The van der Waals surface area contributed by atoms with Gasteiger partial charge in [0.05, 0.1) is 5.03 Å². The quantitative estimate of drug-likeness (QED) is 0.417. The molecule has 1 nitrogen and oxygen atoms in total.